The highest BCUT2D eigenvalue weighted by Gasteiger charge is 2.15. The molecule has 0 atom stereocenters. The number of aromatic nitrogens is 2. The molecule has 0 saturated carbocycles. The van der Waals surface area contributed by atoms with E-state index in [2.05, 4.69) is 5.10 Å². The predicted molar refractivity (Wildman–Crippen MR) is 118 cm³/mol. The molecular weight excluding hydrogens is 438 g/mol. The van der Waals surface area contributed by atoms with Gasteiger partial charge in [-0.15, -0.1) is 0 Å². The Hall–Kier alpha value is -3.46. The van der Waals surface area contributed by atoms with Crippen LogP contribution in [0.15, 0.2) is 83.8 Å². The third kappa shape index (κ3) is 4.36. The van der Waals surface area contributed by atoms with Gasteiger partial charge in [-0.1, -0.05) is 35.9 Å². The minimum absolute atomic E-state index is 0.00849. The molecule has 4 rings (SSSR count). The highest BCUT2D eigenvalue weighted by Crippen LogP contribution is 2.30. The molecule has 0 fully saturated rings. The topological polar surface area (TPSA) is 115 Å². The highest BCUT2D eigenvalue weighted by atomic mass is 35.5. The SMILES string of the molecule is NS(=O)(=O)c1ccc(-n2nc(-c3cccc(C(=O)O)c3)cc2-c2ccc(Cl)cc2)cc1. The van der Waals surface area contributed by atoms with E-state index >= 15 is 0 Å². The lowest BCUT2D eigenvalue weighted by Crippen LogP contribution is -2.12. The fourth-order valence-corrected chi connectivity index (χ4v) is 3.78. The molecule has 1 aromatic heterocycles. The first-order chi connectivity index (χ1) is 14.7. The fourth-order valence-electron chi connectivity index (χ4n) is 3.13. The first kappa shape index (κ1) is 20.8. The number of nitrogens with zero attached hydrogens (tertiary/aromatic N) is 2. The Morgan fingerprint density at radius 2 is 1.61 bits per heavy atom. The van der Waals surface area contributed by atoms with E-state index in [9.17, 15) is 18.3 Å². The minimum Gasteiger partial charge on any atom is -0.478 e. The fraction of sp³-hybridized carbons (Fsp3) is 0. The number of halogens is 1. The second-order valence-corrected chi connectivity index (χ2v) is 8.76. The van der Waals surface area contributed by atoms with Crippen LogP contribution in [0.1, 0.15) is 10.4 Å². The molecule has 3 N–H and O–H groups in total. The lowest BCUT2D eigenvalue weighted by atomic mass is 10.1. The number of hydrogen-bond donors (Lipinski definition) is 2. The summed E-state index contributed by atoms with van der Waals surface area (Å²) >= 11 is 6.02. The van der Waals surface area contributed by atoms with Crippen molar-refractivity contribution in [1.29, 1.82) is 0 Å². The zero-order chi connectivity index (χ0) is 22.2. The van der Waals surface area contributed by atoms with E-state index in [1.165, 1.54) is 18.2 Å². The molecule has 0 aliphatic heterocycles. The van der Waals surface area contributed by atoms with Crippen LogP contribution in [0.25, 0.3) is 28.2 Å². The Bertz CT molecular complexity index is 1380. The average Bonchev–Trinajstić information content (AvgIpc) is 3.19. The number of carboxylic acids is 1. The zero-order valence-electron chi connectivity index (χ0n) is 15.9. The molecule has 7 nitrogen and oxygen atoms in total. The summed E-state index contributed by atoms with van der Waals surface area (Å²) in [6.07, 6.45) is 0. The number of aromatic carboxylic acids is 1. The normalized spacial score (nSPS) is 11.4. The van der Waals surface area contributed by atoms with Crippen molar-refractivity contribution in [3.63, 3.8) is 0 Å². The summed E-state index contributed by atoms with van der Waals surface area (Å²) < 4.78 is 24.8. The van der Waals surface area contributed by atoms with Gasteiger partial charge in [0.2, 0.25) is 10.0 Å². The van der Waals surface area contributed by atoms with Crippen molar-refractivity contribution >= 4 is 27.6 Å². The average molecular weight is 454 g/mol. The molecule has 0 aliphatic rings. The quantitative estimate of drug-likeness (QED) is 0.469. The van der Waals surface area contributed by atoms with Gasteiger partial charge in [0.1, 0.15) is 0 Å². The van der Waals surface area contributed by atoms with Crippen molar-refractivity contribution in [2.24, 2.45) is 5.14 Å². The molecule has 3 aromatic carbocycles. The third-order valence-electron chi connectivity index (χ3n) is 4.66. The third-order valence-corrected chi connectivity index (χ3v) is 5.85. The standard InChI is InChI=1S/C22H16ClN3O4S/c23-17-6-4-14(5-7-17)21-13-20(15-2-1-3-16(12-15)22(27)28)25-26(21)18-8-10-19(11-9-18)31(24,29)30/h1-13H,(H,27,28)(H2,24,29,30). The molecule has 0 bridgehead atoms. The van der Waals surface area contributed by atoms with Crippen molar-refractivity contribution in [2.75, 3.05) is 0 Å². The number of carboxylic acid groups (broad SMARTS) is 1. The monoisotopic (exact) mass is 453 g/mol. The molecule has 31 heavy (non-hydrogen) atoms. The summed E-state index contributed by atoms with van der Waals surface area (Å²) in [4.78, 5) is 11.3. The Morgan fingerprint density at radius 3 is 2.23 bits per heavy atom. The molecule has 0 saturated heterocycles. The van der Waals surface area contributed by atoms with Gasteiger partial charge in [-0.25, -0.2) is 23.0 Å². The highest BCUT2D eigenvalue weighted by molar-refractivity contribution is 7.89. The number of rotatable bonds is 5. The van der Waals surface area contributed by atoms with Crippen molar-refractivity contribution in [1.82, 2.24) is 9.78 Å². The maximum atomic E-state index is 11.6. The zero-order valence-corrected chi connectivity index (χ0v) is 17.5. The molecule has 0 aliphatic carbocycles. The van der Waals surface area contributed by atoms with Crippen LogP contribution in [-0.2, 0) is 10.0 Å². The van der Waals surface area contributed by atoms with Crippen molar-refractivity contribution in [2.45, 2.75) is 4.90 Å². The number of primary sulfonamides is 1. The van der Waals surface area contributed by atoms with E-state index in [0.717, 1.165) is 11.3 Å². The molecule has 0 radical (unpaired) electrons. The van der Waals surface area contributed by atoms with Gasteiger partial charge in [-0.2, -0.15) is 5.10 Å². The summed E-state index contributed by atoms with van der Waals surface area (Å²) in [6.45, 7) is 0. The van der Waals surface area contributed by atoms with Crippen LogP contribution in [0.2, 0.25) is 5.02 Å². The Labute approximate surface area is 183 Å². The molecule has 0 amide bonds. The van der Waals surface area contributed by atoms with Crippen LogP contribution in [0.3, 0.4) is 0 Å². The van der Waals surface area contributed by atoms with Crippen LogP contribution < -0.4 is 5.14 Å². The summed E-state index contributed by atoms with van der Waals surface area (Å²) in [5.74, 6) is -1.03. The molecule has 1 heterocycles. The summed E-state index contributed by atoms with van der Waals surface area (Å²) in [5.41, 5.74) is 3.50. The van der Waals surface area contributed by atoms with Crippen LogP contribution >= 0.6 is 11.6 Å². The molecular formula is C22H16ClN3O4S. The van der Waals surface area contributed by atoms with E-state index in [1.54, 1.807) is 47.1 Å². The van der Waals surface area contributed by atoms with Crippen LogP contribution in [0, 0.1) is 0 Å². The van der Waals surface area contributed by atoms with Crippen molar-refractivity contribution in [3.8, 4) is 28.2 Å². The van der Waals surface area contributed by atoms with Gasteiger partial charge >= 0.3 is 5.97 Å². The Balaban J connectivity index is 1.88. The lowest BCUT2D eigenvalue weighted by Gasteiger charge is -2.08. The maximum absolute atomic E-state index is 11.6. The Morgan fingerprint density at radius 1 is 0.935 bits per heavy atom. The lowest BCUT2D eigenvalue weighted by molar-refractivity contribution is 0.0697. The molecule has 156 valence electrons. The second kappa shape index (κ2) is 7.99. The molecule has 9 heteroatoms. The van der Waals surface area contributed by atoms with Crippen molar-refractivity contribution in [3.05, 3.63) is 89.4 Å². The van der Waals surface area contributed by atoms with Gasteiger partial charge in [-0.05, 0) is 54.6 Å². The summed E-state index contributed by atoms with van der Waals surface area (Å²) in [6, 6.07) is 21.5. The first-order valence-corrected chi connectivity index (χ1v) is 11.0. The molecule has 4 aromatic rings. The summed E-state index contributed by atoms with van der Waals surface area (Å²) in [5, 5.41) is 19.7. The van der Waals surface area contributed by atoms with Gasteiger partial charge in [0.25, 0.3) is 0 Å². The van der Waals surface area contributed by atoms with Gasteiger partial charge in [0, 0.05) is 16.1 Å². The number of benzene rings is 3. The largest absolute Gasteiger partial charge is 0.478 e. The van der Waals surface area contributed by atoms with Crippen LogP contribution in [-0.4, -0.2) is 29.3 Å². The van der Waals surface area contributed by atoms with E-state index in [0.29, 0.717) is 22.0 Å². The van der Waals surface area contributed by atoms with Gasteiger partial charge in [-0.3, -0.25) is 0 Å². The van der Waals surface area contributed by atoms with E-state index in [4.69, 9.17) is 16.7 Å². The summed E-state index contributed by atoms with van der Waals surface area (Å²) in [7, 11) is -3.82. The number of carbonyl (C=O) groups is 1. The molecule has 0 spiro atoms. The molecule has 0 unspecified atom stereocenters. The van der Waals surface area contributed by atoms with E-state index in [-0.39, 0.29) is 10.5 Å². The van der Waals surface area contributed by atoms with Crippen molar-refractivity contribution < 1.29 is 18.3 Å². The van der Waals surface area contributed by atoms with Gasteiger partial charge in [0.15, 0.2) is 0 Å². The Kier molecular flexibility index (Phi) is 5.36. The smallest absolute Gasteiger partial charge is 0.335 e. The van der Waals surface area contributed by atoms with Crippen LogP contribution in [0.4, 0.5) is 0 Å². The number of nitrogens with two attached hydrogens (primary N) is 1. The number of sulfonamides is 1. The minimum atomic E-state index is -3.82. The van der Waals surface area contributed by atoms with Gasteiger partial charge in [0.05, 0.1) is 27.5 Å². The number of hydrogen-bond acceptors (Lipinski definition) is 4. The predicted octanol–water partition coefficient (Wildman–Crippen LogP) is 4.21. The second-order valence-electron chi connectivity index (χ2n) is 6.76. The van der Waals surface area contributed by atoms with Crippen LogP contribution in [0.5, 0.6) is 0 Å². The van der Waals surface area contributed by atoms with Gasteiger partial charge < -0.3 is 5.11 Å². The first-order valence-electron chi connectivity index (χ1n) is 9.05. The maximum Gasteiger partial charge on any atom is 0.335 e. The van der Waals surface area contributed by atoms with E-state index in [1.807, 2.05) is 18.2 Å². The van der Waals surface area contributed by atoms with E-state index < -0.39 is 16.0 Å².